The van der Waals surface area contributed by atoms with Crippen molar-refractivity contribution in [3.8, 4) is 0 Å². The molecule has 0 bridgehead atoms. The summed E-state index contributed by atoms with van der Waals surface area (Å²) in [6, 6.07) is 8.64. The SMILES string of the molecule is CCOC1CCN(C(=O)NCC2(c3ccccc3C)CC2)CC1. The zero-order chi connectivity index (χ0) is 16.3. The average Bonchev–Trinajstić information content (AvgIpc) is 3.35. The third-order valence-electron chi connectivity index (χ3n) is 5.28. The Bertz CT molecular complexity index is 546. The molecule has 1 aliphatic carbocycles. The summed E-state index contributed by atoms with van der Waals surface area (Å²) in [6.45, 7) is 7.30. The lowest BCUT2D eigenvalue weighted by molar-refractivity contribution is 0.0220. The number of rotatable bonds is 5. The summed E-state index contributed by atoms with van der Waals surface area (Å²) in [5, 5.41) is 3.17. The van der Waals surface area contributed by atoms with Crippen LogP contribution >= 0.6 is 0 Å². The van der Waals surface area contributed by atoms with Crippen molar-refractivity contribution >= 4 is 6.03 Å². The molecule has 1 heterocycles. The van der Waals surface area contributed by atoms with Gasteiger partial charge >= 0.3 is 6.03 Å². The molecule has 126 valence electrons. The van der Waals surface area contributed by atoms with Crippen LogP contribution in [0.2, 0.25) is 0 Å². The minimum atomic E-state index is 0.0832. The molecular weight excluding hydrogens is 288 g/mol. The van der Waals surface area contributed by atoms with E-state index < -0.39 is 0 Å². The van der Waals surface area contributed by atoms with Gasteiger partial charge in [-0.3, -0.25) is 0 Å². The Balaban J connectivity index is 1.51. The van der Waals surface area contributed by atoms with Crippen molar-refractivity contribution in [1.29, 1.82) is 0 Å². The Labute approximate surface area is 139 Å². The van der Waals surface area contributed by atoms with Crippen molar-refractivity contribution < 1.29 is 9.53 Å². The maximum absolute atomic E-state index is 12.4. The molecule has 1 aliphatic heterocycles. The zero-order valence-electron chi connectivity index (χ0n) is 14.3. The molecular formula is C19H28N2O2. The molecule has 1 saturated carbocycles. The summed E-state index contributed by atoms with van der Waals surface area (Å²) in [5.41, 5.74) is 2.90. The van der Waals surface area contributed by atoms with Crippen molar-refractivity contribution in [2.24, 2.45) is 0 Å². The molecule has 4 heteroatoms. The highest BCUT2D eigenvalue weighted by Crippen LogP contribution is 2.48. The molecule has 3 rings (SSSR count). The second-order valence-corrected chi connectivity index (χ2v) is 6.90. The van der Waals surface area contributed by atoms with Crippen LogP contribution in [-0.4, -0.2) is 43.3 Å². The molecule has 1 saturated heterocycles. The summed E-state index contributed by atoms with van der Waals surface area (Å²) in [7, 11) is 0. The molecule has 2 fully saturated rings. The van der Waals surface area contributed by atoms with Crippen molar-refractivity contribution in [3.63, 3.8) is 0 Å². The van der Waals surface area contributed by atoms with E-state index in [9.17, 15) is 4.79 Å². The van der Waals surface area contributed by atoms with E-state index in [1.807, 2.05) is 11.8 Å². The number of hydrogen-bond donors (Lipinski definition) is 1. The number of nitrogens with one attached hydrogen (secondary N) is 1. The van der Waals surface area contributed by atoms with Crippen LogP contribution < -0.4 is 5.32 Å². The fourth-order valence-electron chi connectivity index (χ4n) is 3.68. The first-order valence-electron chi connectivity index (χ1n) is 8.85. The maximum atomic E-state index is 12.4. The van der Waals surface area contributed by atoms with E-state index in [1.165, 1.54) is 24.0 Å². The number of carbonyl (C=O) groups excluding carboxylic acids is 1. The van der Waals surface area contributed by atoms with Crippen LogP contribution in [0.15, 0.2) is 24.3 Å². The number of urea groups is 1. The van der Waals surface area contributed by atoms with Gasteiger partial charge < -0.3 is 15.0 Å². The smallest absolute Gasteiger partial charge is 0.317 e. The molecule has 0 atom stereocenters. The van der Waals surface area contributed by atoms with E-state index in [-0.39, 0.29) is 11.4 Å². The van der Waals surface area contributed by atoms with Gasteiger partial charge in [-0.15, -0.1) is 0 Å². The standard InChI is InChI=1S/C19H28N2O2/c1-3-23-16-8-12-21(13-9-16)18(22)20-14-19(10-11-19)17-7-5-4-6-15(17)2/h4-7,16H,3,8-14H2,1-2H3,(H,20,22). The van der Waals surface area contributed by atoms with Crippen LogP contribution in [0, 0.1) is 6.92 Å². The monoisotopic (exact) mass is 316 g/mol. The van der Waals surface area contributed by atoms with Crippen molar-refractivity contribution in [1.82, 2.24) is 10.2 Å². The highest BCUT2D eigenvalue weighted by Gasteiger charge is 2.45. The lowest BCUT2D eigenvalue weighted by Gasteiger charge is -2.32. The fourth-order valence-corrected chi connectivity index (χ4v) is 3.68. The van der Waals surface area contributed by atoms with Crippen LogP contribution in [0.25, 0.3) is 0 Å². The fraction of sp³-hybridized carbons (Fsp3) is 0.632. The molecule has 1 aromatic carbocycles. The highest BCUT2D eigenvalue weighted by molar-refractivity contribution is 5.74. The summed E-state index contributed by atoms with van der Waals surface area (Å²) >= 11 is 0. The number of amides is 2. The van der Waals surface area contributed by atoms with Gasteiger partial charge in [0.15, 0.2) is 0 Å². The van der Waals surface area contributed by atoms with Crippen LogP contribution in [0.4, 0.5) is 4.79 Å². The Morgan fingerprint density at radius 2 is 2.00 bits per heavy atom. The van der Waals surface area contributed by atoms with Crippen LogP contribution in [-0.2, 0) is 10.2 Å². The Morgan fingerprint density at radius 1 is 1.30 bits per heavy atom. The first-order chi connectivity index (χ1) is 11.1. The number of benzene rings is 1. The van der Waals surface area contributed by atoms with Gasteiger partial charge in [0.1, 0.15) is 0 Å². The van der Waals surface area contributed by atoms with Crippen LogP contribution in [0.3, 0.4) is 0 Å². The predicted octanol–water partition coefficient (Wildman–Crippen LogP) is 3.24. The molecule has 1 N–H and O–H groups in total. The summed E-state index contributed by atoms with van der Waals surface area (Å²) in [5.74, 6) is 0. The van der Waals surface area contributed by atoms with Gasteiger partial charge in [-0.25, -0.2) is 4.79 Å². The number of piperidine rings is 1. The van der Waals surface area contributed by atoms with E-state index >= 15 is 0 Å². The number of ether oxygens (including phenoxy) is 1. The first-order valence-corrected chi connectivity index (χ1v) is 8.85. The van der Waals surface area contributed by atoms with Gasteiger partial charge in [0, 0.05) is 31.7 Å². The van der Waals surface area contributed by atoms with Gasteiger partial charge in [-0.2, -0.15) is 0 Å². The molecule has 2 aliphatic rings. The van der Waals surface area contributed by atoms with E-state index in [0.29, 0.717) is 6.10 Å². The van der Waals surface area contributed by atoms with E-state index in [0.717, 1.165) is 39.1 Å². The van der Waals surface area contributed by atoms with E-state index in [4.69, 9.17) is 4.74 Å². The third-order valence-corrected chi connectivity index (χ3v) is 5.28. The normalized spacial score (nSPS) is 20.3. The average molecular weight is 316 g/mol. The van der Waals surface area contributed by atoms with Gasteiger partial charge in [0.25, 0.3) is 0 Å². The van der Waals surface area contributed by atoms with Gasteiger partial charge in [-0.05, 0) is 50.7 Å². The quantitative estimate of drug-likeness (QED) is 0.906. The number of nitrogens with zero attached hydrogens (tertiary/aromatic N) is 1. The number of aryl methyl sites for hydroxylation is 1. The van der Waals surface area contributed by atoms with Gasteiger partial charge in [0.05, 0.1) is 6.10 Å². The molecule has 0 radical (unpaired) electrons. The topological polar surface area (TPSA) is 41.6 Å². The summed E-state index contributed by atoms with van der Waals surface area (Å²) in [6.07, 6.45) is 4.56. The first kappa shape index (κ1) is 16.3. The molecule has 2 amide bonds. The Hall–Kier alpha value is -1.55. The van der Waals surface area contributed by atoms with E-state index in [2.05, 4.69) is 36.5 Å². The molecule has 0 aromatic heterocycles. The predicted molar refractivity (Wildman–Crippen MR) is 91.7 cm³/mol. The molecule has 0 spiro atoms. The minimum Gasteiger partial charge on any atom is -0.378 e. The van der Waals surface area contributed by atoms with Gasteiger partial charge in [-0.1, -0.05) is 24.3 Å². The molecule has 1 aromatic rings. The van der Waals surface area contributed by atoms with Gasteiger partial charge in [0.2, 0.25) is 0 Å². The van der Waals surface area contributed by atoms with Crippen molar-refractivity contribution in [2.45, 2.75) is 51.0 Å². The number of carbonyl (C=O) groups is 1. The third kappa shape index (κ3) is 3.69. The molecule has 4 nitrogen and oxygen atoms in total. The number of likely N-dealkylation sites (tertiary alicyclic amines) is 1. The molecule has 23 heavy (non-hydrogen) atoms. The lowest BCUT2D eigenvalue weighted by Crippen LogP contribution is -2.47. The summed E-state index contributed by atoms with van der Waals surface area (Å²) < 4.78 is 5.65. The second-order valence-electron chi connectivity index (χ2n) is 6.90. The second kappa shape index (κ2) is 6.91. The Morgan fingerprint density at radius 3 is 2.61 bits per heavy atom. The van der Waals surface area contributed by atoms with Crippen molar-refractivity contribution in [2.75, 3.05) is 26.2 Å². The number of hydrogen-bond acceptors (Lipinski definition) is 2. The zero-order valence-corrected chi connectivity index (χ0v) is 14.3. The Kier molecular flexibility index (Phi) is 4.90. The van der Waals surface area contributed by atoms with Crippen molar-refractivity contribution in [3.05, 3.63) is 35.4 Å². The minimum absolute atomic E-state index is 0.0832. The van der Waals surface area contributed by atoms with Crippen LogP contribution in [0.5, 0.6) is 0 Å². The highest BCUT2D eigenvalue weighted by atomic mass is 16.5. The maximum Gasteiger partial charge on any atom is 0.317 e. The largest absolute Gasteiger partial charge is 0.378 e. The van der Waals surface area contributed by atoms with E-state index in [1.54, 1.807) is 0 Å². The summed E-state index contributed by atoms with van der Waals surface area (Å²) in [4.78, 5) is 14.4. The molecule has 0 unspecified atom stereocenters. The lowest BCUT2D eigenvalue weighted by atomic mass is 9.92. The van der Waals surface area contributed by atoms with Crippen LogP contribution in [0.1, 0.15) is 43.7 Å².